The number of amides is 1. The summed E-state index contributed by atoms with van der Waals surface area (Å²) >= 11 is 6.10. The summed E-state index contributed by atoms with van der Waals surface area (Å²) in [7, 11) is 0. The van der Waals surface area contributed by atoms with E-state index < -0.39 is 0 Å². The molecule has 1 amide bonds. The molecule has 4 nitrogen and oxygen atoms in total. The summed E-state index contributed by atoms with van der Waals surface area (Å²) in [4.78, 5) is 14.5. The molecule has 2 atom stereocenters. The van der Waals surface area contributed by atoms with E-state index in [1.807, 2.05) is 30.0 Å². The van der Waals surface area contributed by atoms with E-state index in [0.717, 1.165) is 42.0 Å². The maximum atomic E-state index is 12.5. The number of hydrogen-bond acceptors (Lipinski definition) is 3. The summed E-state index contributed by atoms with van der Waals surface area (Å²) in [5.74, 6) is 0.199. The van der Waals surface area contributed by atoms with Gasteiger partial charge in [-0.3, -0.25) is 4.79 Å². The Bertz CT molecular complexity index is 550. The van der Waals surface area contributed by atoms with E-state index in [1.54, 1.807) is 0 Å². The van der Waals surface area contributed by atoms with E-state index in [2.05, 4.69) is 5.32 Å². The molecule has 5 heteroatoms. The van der Waals surface area contributed by atoms with Crippen LogP contribution in [0.4, 0.5) is 5.69 Å². The Labute approximate surface area is 136 Å². The lowest BCUT2D eigenvalue weighted by atomic mass is 9.99. The average molecular weight is 323 g/mol. The minimum Gasteiger partial charge on any atom is -0.393 e. The molecule has 2 saturated heterocycles. The number of aliphatic hydroxyl groups excluding tert-OH is 1. The van der Waals surface area contributed by atoms with E-state index in [0.29, 0.717) is 13.0 Å². The first-order valence-corrected chi connectivity index (χ1v) is 8.41. The molecule has 3 rings (SSSR count). The van der Waals surface area contributed by atoms with Crippen LogP contribution in [0, 0.1) is 6.92 Å². The quantitative estimate of drug-likeness (QED) is 0.896. The normalized spacial score (nSPS) is 27.0. The molecule has 0 aliphatic carbocycles. The minimum absolute atomic E-state index is 0.199. The molecule has 2 aliphatic rings. The van der Waals surface area contributed by atoms with Gasteiger partial charge < -0.3 is 15.3 Å². The van der Waals surface area contributed by atoms with Crippen molar-refractivity contribution in [3.8, 4) is 0 Å². The van der Waals surface area contributed by atoms with Gasteiger partial charge in [0, 0.05) is 35.8 Å². The van der Waals surface area contributed by atoms with Crippen LogP contribution < -0.4 is 5.32 Å². The number of piperidine rings is 1. The number of fused-ring (bicyclic) bond motifs is 2. The summed E-state index contributed by atoms with van der Waals surface area (Å²) in [6, 6.07) is 6.33. The van der Waals surface area contributed by atoms with Gasteiger partial charge in [-0.05, 0) is 50.3 Å². The lowest BCUT2D eigenvalue weighted by Crippen LogP contribution is -2.48. The van der Waals surface area contributed by atoms with Crippen LogP contribution in [0.15, 0.2) is 18.2 Å². The first-order valence-electron chi connectivity index (χ1n) is 8.04. The second kappa shape index (κ2) is 6.47. The van der Waals surface area contributed by atoms with Crippen molar-refractivity contribution in [2.75, 3.05) is 11.9 Å². The van der Waals surface area contributed by atoms with Crippen LogP contribution in [0.3, 0.4) is 0 Å². The molecule has 2 fully saturated rings. The molecular formula is C17H23ClN2O2. The Morgan fingerprint density at radius 3 is 2.68 bits per heavy atom. The molecule has 2 bridgehead atoms. The Balaban J connectivity index is 1.51. The molecule has 0 saturated carbocycles. The predicted molar refractivity (Wildman–Crippen MR) is 88.2 cm³/mol. The number of aryl methyl sites for hydroxylation is 1. The first-order chi connectivity index (χ1) is 10.5. The molecule has 22 heavy (non-hydrogen) atoms. The lowest BCUT2D eigenvalue weighted by molar-refractivity contribution is -0.137. The number of nitrogens with zero attached hydrogens (tertiary/aromatic N) is 1. The van der Waals surface area contributed by atoms with Crippen molar-refractivity contribution < 1.29 is 9.90 Å². The van der Waals surface area contributed by atoms with Gasteiger partial charge in [-0.2, -0.15) is 0 Å². The maximum absolute atomic E-state index is 12.5. The van der Waals surface area contributed by atoms with Crippen molar-refractivity contribution in [1.82, 2.24) is 4.90 Å². The fourth-order valence-corrected chi connectivity index (χ4v) is 3.88. The highest BCUT2D eigenvalue weighted by atomic mass is 35.5. The number of benzene rings is 1. The second-order valence-electron chi connectivity index (χ2n) is 6.45. The highest BCUT2D eigenvalue weighted by molar-refractivity contribution is 6.31. The van der Waals surface area contributed by atoms with Crippen molar-refractivity contribution in [3.05, 3.63) is 28.8 Å². The minimum atomic E-state index is -0.227. The summed E-state index contributed by atoms with van der Waals surface area (Å²) < 4.78 is 0. The van der Waals surface area contributed by atoms with Crippen molar-refractivity contribution in [1.29, 1.82) is 0 Å². The number of carbonyl (C=O) groups excluding carboxylic acids is 1. The second-order valence-corrected chi connectivity index (χ2v) is 6.86. The molecule has 1 aromatic carbocycles. The van der Waals surface area contributed by atoms with Crippen LogP contribution in [-0.2, 0) is 4.79 Å². The van der Waals surface area contributed by atoms with Crippen LogP contribution in [0.1, 0.15) is 37.7 Å². The van der Waals surface area contributed by atoms with E-state index >= 15 is 0 Å². The van der Waals surface area contributed by atoms with Crippen molar-refractivity contribution in [2.24, 2.45) is 0 Å². The number of halogens is 1. The first kappa shape index (κ1) is 15.6. The van der Waals surface area contributed by atoms with E-state index in [9.17, 15) is 9.90 Å². The lowest BCUT2D eigenvalue weighted by Gasteiger charge is -2.37. The fourth-order valence-electron chi connectivity index (χ4n) is 3.70. The number of anilines is 1. The predicted octanol–water partition coefficient (Wildman–Crippen LogP) is 2.96. The number of nitrogens with one attached hydrogen (secondary N) is 1. The van der Waals surface area contributed by atoms with Gasteiger partial charge in [0.2, 0.25) is 5.91 Å². The van der Waals surface area contributed by atoms with Crippen LogP contribution in [0.2, 0.25) is 5.02 Å². The molecule has 2 heterocycles. The van der Waals surface area contributed by atoms with Gasteiger partial charge >= 0.3 is 0 Å². The molecule has 2 aliphatic heterocycles. The average Bonchev–Trinajstić information content (AvgIpc) is 2.75. The third kappa shape index (κ3) is 3.23. The monoisotopic (exact) mass is 322 g/mol. The zero-order valence-electron chi connectivity index (χ0n) is 12.9. The number of aliphatic hydroxyl groups is 1. The third-order valence-electron chi connectivity index (χ3n) is 4.84. The van der Waals surface area contributed by atoms with E-state index in [4.69, 9.17) is 11.6 Å². The van der Waals surface area contributed by atoms with E-state index in [-0.39, 0.29) is 24.1 Å². The number of hydrogen-bond donors (Lipinski definition) is 2. The number of carbonyl (C=O) groups is 1. The Morgan fingerprint density at radius 1 is 1.36 bits per heavy atom. The smallest absolute Gasteiger partial charge is 0.224 e. The fraction of sp³-hybridized carbons (Fsp3) is 0.588. The molecule has 120 valence electrons. The third-order valence-corrected chi connectivity index (χ3v) is 5.24. The van der Waals surface area contributed by atoms with Crippen LogP contribution >= 0.6 is 11.6 Å². The molecule has 0 unspecified atom stereocenters. The molecular weight excluding hydrogens is 300 g/mol. The largest absolute Gasteiger partial charge is 0.393 e. The zero-order valence-corrected chi connectivity index (χ0v) is 13.6. The SMILES string of the molecule is Cc1ccc(NCCC(=O)N2[C@H]3CC[C@H]2CC(O)C3)cc1Cl. The van der Waals surface area contributed by atoms with Crippen LogP contribution in [0.5, 0.6) is 0 Å². The van der Waals surface area contributed by atoms with Gasteiger partial charge in [0.05, 0.1) is 6.10 Å². The summed E-state index contributed by atoms with van der Waals surface area (Å²) in [6.45, 7) is 2.58. The van der Waals surface area contributed by atoms with Gasteiger partial charge in [-0.1, -0.05) is 17.7 Å². The van der Waals surface area contributed by atoms with Crippen molar-refractivity contribution in [3.63, 3.8) is 0 Å². The molecule has 0 radical (unpaired) electrons. The Hall–Kier alpha value is -1.26. The summed E-state index contributed by atoms with van der Waals surface area (Å²) in [5.41, 5.74) is 1.99. The van der Waals surface area contributed by atoms with Crippen molar-refractivity contribution in [2.45, 2.75) is 57.2 Å². The molecule has 1 aromatic rings. The van der Waals surface area contributed by atoms with Gasteiger partial charge in [-0.25, -0.2) is 0 Å². The summed E-state index contributed by atoms with van der Waals surface area (Å²) in [5, 5.41) is 13.8. The Morgan fingerprint density at radius 2 is 2.05 bits per heavy atom. The van der Waals surface area contributed by atoms with Crippen LogP contribution in [0.25, 0.3) is 0 Å². The zero-order chi connectivity index (χ0) is 15.7. The highest BCUT2D eigenvalue weighted by Crippen LogP contribution is 2.36. The number of rotatable bonds is 4. The van der Waals surface area contributed by atoms with Gasteiger partial charge in [0.1, 0.15) is 0 Å². The standard InChI is InChI=1S/C17H23ClN2O2/c1-11-2-3-12(8-16(11)18)19-7-6-17(22)20-13-4-5-14(20)10-15(21)9-13/h2-3,8,13-15,19,21H,4-7,9-10H2,1H3/t13-,14-/m0/s1. The van der Waals surface area contributed by atoms with Crippen molar-refractivity contribution >= 4 is 23.2 Å². The Kier molecular flexibility index (Phi) is 4.59. The van der Waals surface area contributed by atoms with Gasteiger partial charge in [0.15, 0.2) is 0 Å². The highest BCUT2D eigenvalue weighted by Gasteiger charge is 2.42. The summed E-state index contributed by atoms with van der Waals surface area (Å²) in [6.07, 6.45) is 3.80. The molecule has 0 aromatic heterocycles. The van der Waals surface area contributed by atoms with Gasteiger partial charge in [-0.15, -0.1) is 0 Å². The molecule has 0 spiro atoms. The van der Waals surface area contributed by atoms with E-state index in [1.165, 1.54) is 0 Å². The van der Waals surface area contributed by atoms with Crippen LogP contribution in [-0.4, -0.2) is 40.6 Å². The molecule has 2 N–H and O–H groups in total. The van der Waals surface area contributed by atoms with Gasteiger partial charge in [0.25, 0.3) is 0 Å². The maximum Gasteiger partial charge on any atom is 0.224 e. The topological polar surface area (TPSA) is 52.6 Å².